The van der Waals surface area contributed by atoms with Gasteiger partial charge in [-0.2, -0.15) is 15.8 Å². The van der Waals surface area contributed by atoms with Crippen LogP contribution >= 0.6 is 0 Å². The van der Waals surface area contributed by atoms with E-state index in [1.54, 1.807) is 12.3 Å². The molecule has 2 aliphatic rings. The normalized spacial score (nSPS) is 28.4. The summed E-state index contributed by atoms with van der Waals surface area (Å²) >= 11 is 0. The van der Waals surface area contributed by atoms with Crippen LogP contribution in [-0.2, 0) is 0 Å². The van der Waals surface area contributed by atoms with E-state index in [4.69, 9.17) is 9.83 Å². The Morgan fingerprint density at radius 2 is 2.04 bits per heavy atom. The van der Waals surface area contributed by atoms with Gasteiger partial charge in [0.05, 0.1) is 36.4 Å². The summed E-state index contributed by atoms with van der Waals surface area (Å²) in [6.07, 6.45) is 5.06. The number of hydrogen-bond donors (Lipinski definition) is 1. The number of rotatable bonds is 2. The molecule has 1 N–H and O–H groups in total. The van der Waals surface area contributed by atoms with Crippen molar-refractivity contribution in [2.45, 2.75) is 25.8 Å². The zero-order valence-electron chi connectivity index (χ0n) is 14.2. The number of hydrogen-bond acceptors (Lipinski definition) is 6. The smallest absolute Gasteiger partial charge is 0.189 e. The lowest BCUT2D eigenvalue weighted by Crippen LogP contribution is -2.53. The molecule has 2 heterocycles. The number of nitrogens with zero attached hydrogens (tertiary/aromatic N) is 4. The highest BCUT2D eigenvalue weighted by molar-refractivity contribution is 6.00. The van der Waals surface area contributed by atoms with Gasteiger partial charge in [-0.05, 0) is 31.1 Å². The molecule has 1 aliphatic heterocycles. The highest BCUT2D eigenvalue weighted by Crippen LogP contribution is 2.53. The lowest BCUT2D eigenvalue weighted by atomic mass is 9.54. The molecule has 0 radical (unpaired) electrons. The van der Waals surface area contributed by atoms with Crippen molar-refractivity contribution in [1.29, 1.82) is 21.2 Å². The SMILES string of the molecule is CC(C)N1CC=C2C(C#N)C(=N)C(C#N)(C#N)[C@H](c3ccoc3)[C@H]2C1. The Morgan fingerprint density at radius 1 is 1.32 bits per heavy atom. The minimum Gasteiger partial charge on any atom is -0.472 e. The van der Waals surface area contributed by atoms with Gasteiger partial charge >= 0.3 is 0 Å². The van der Waals surface area contributed by atoms with Crippen LogP contribution in [0.5, 0.6) is 0 Å². The Balaban J connectivity index is 2.21. The van der Waals surface area contributed by atoms with E-state index in [1.165, 1.54) is 6.26 Å². The quantitative estimate of drug-likeness (QED) is 0.836. The molecule has 1 saturated carbocycles. The van der Waals surface area contributed by atoms with Crippen LogP contribution in [0.15, 0.2) is 34.7 Å². The summed E-state index contributed by atoms with van der Waals surface area (Å²) in [6.45, 7) is 5.55. The molecule has 0 amide bonds. The van der Waals surface area contributed by atoms with Gasteiger partial charge in [0, 0.05) is 31.0 Å². The zero-order valence-corrected chi connectivity index (χ0v) is 14.2. The molecule has 0 saturated heterocycles. The van der Waals surface area contributed by atoms with Crippen LogP contribution in [0.2, 0.25) is 0 Å². The average Bonchev–Trinajstić information content (AvgIpc) is 3.14. The maximum absolute atomic E-state index is 9.87. The van der Waals surface area contributed by atoms with E-state index in [-0.39, 0.29) is 11.6 Å². The zero-order chi connectivity index (χ0) is 18.2. The molecule has 3 rings (SSSR count). The third-order valence-corrected chi connectivity index (χ3v) is 5.45. The van der Waals surface area contributed by atoms with Crippen molar-refractivity contribution in [1.82, 2.24) is 4.90 Å². The Hall–Kier alpha value is -2.88. The fourth-order valence-corrected chi connectivity index (χ4v) is 4.08. The molecule has 1 aliphatic carbocycles. The molecule has 3 atom stereocenters. The van der Waals surface area contributed by atoms with Crippen LogP contribution in [0, 0.1) is 56.7 Å². The molecule has 6 heteroatoms. The van der Waals surface area contributed by atoms with E-state index < -0.39 is 17.3 Å². The van der Waals surface area contributed by atoms with E-state index in [0.29, 0.717) is 19.1 Å². The number of fused-ring (bicyclic) bond motifs is 1. The fourth-order valence-electron chi connectivity index (χ4n) is 4.08. The molecule has 1 aromatic rings. The van der Waals surface area contributed by atoms with Crippen molar-refractivity contribution < 1.29 is 4.42 Å². The van der Waals surface area contributed by atoms with E-state index in [9.17, 15) is 15.8 Å². The highest BCUT2D eigenvalue weighted by Gasteiger charge is 2.58. The summed E-state index contributed by atoms with van der Waals surface area (Å²) in [6, 6.07) is 8.35. The van der Waals surface area contributed by atoms with E-state index in [1.807, 2.05) is 6.08 Å². The monoisotopic (exact) mass is 333 g/mol. The largest absolute Gasteiger partial charge is 0.472 e. The third kappa shape index (κ3) is 2.37. The first-order chi connectivity index (χ1) is 12.0. The molecule has 126 valence electrons. The number of nitriles is 3. The van der Waals surface area contributed by atoms with Gasteiger partial charge in [0.1, 0.15) is 5.92 Å². The van der Waals surface area contributed by atoms with Crippen molar-refractivity contribution in [3.63, 3.8) is 0 Å². The fraction of sp³-hybridized carbons (Fsp3) is 0.474. The molecular weight excluding hydrogens is 314 g/mol. The van der Waals surface area contributed by atoms with Crippen molar-refractivity contribution in [2.24, 2.45) is 17.3 Å². The van der Waals surface area contributed by atoms with Crippen molar-refractivity contribution in [2.75, 3.05) is 13.1 Å². The standard InChI is InChI=1S/C19H19N5O/c1-12(2)24-5-3-14-15(7-20)18(23)19(10-21,11-22)17(16(14)8-24)13-4-6-25-9-13/h3-4,6,9,12,15-17,23H,5,8H2,1-2H3/t15?,16-,17+/m0/s1. The molecule has 1 fully saturated rings. The lowest BCUT2D eigenvalue weighted by Gasteiger charge is -2.48. The van der Waals surface area contributed by atoms with Crippen molar-refractivity contribution >= 4 is 5.71 Å². The topological polar surface area (TPSA) is 112 Å². The first-order valence-corrected chi connectivity index (χ1v) is 8.27. The van der Waals surface area contributed by atoms with Crippen LogP contribution in [-0.4, -0.2) is 29.7 Å². The van der Waals surface area contributed by atoms with Gasteiger partial charge in [-0.15, -0.1) is 0 Å². The molecule has 1 aromatic heterocycles. The molecule has 0 spiro atoms. The van der Waals surface area contributed by atoms with Crippen molar-refractivity contribution in [3.05, 3.63) is 35.8 Å². The lowest BCUT2D eigenvalue weighted by molar-refractivity contribution is 0.171. The maximum atomic E-state index is 9.87. The van der Waals surface area contributed by atoms with Crippen LogP contribution in [0.3, 0.4) is 0 Å². The van der Waals surface area contributed by atoms with Gasteiger partial charge in [-0.3, -0.25) is 4.90 Å². The van der Waals surface area contributed by atoms with E-state index in [2.05, 4.69) is 37.0 Å². The molecular formula is C19H19N5O. The second-order valence-electron chi connectivity index (χ2n) is 6.90. The highest BCUT2D eigenvalue weighted by atomic mass is 16.3. The number of furan rings is 1. The van der Waals surface area contributed by atoms with Crippen LogP contribution < -0.4 is 0 Å². The Bertz CT molecular complexity index is 817. The maximum Gasteiger partial charge on any atom is 0.189 e. The predicted octanol–water partition coefficient (Wildman–Crippen LogP) is 2.84. The average molecular weight is 333 g/mol. The molecule has 1 unspecified atom stereocenters. The minimum absolute atomic E-state index is 0.119. The second kappa shape index (κ2) is 6.20. The molecule has 0 aromatic carbocycles. The van der Waals surface area contributed by atoms with Crippen LogP contribution in [0.4, 0.5) is 0 Å². The molecule has 25 heavy (non-hydrogen) atoms. The summed E-state index contributed by atoms with van der Waals surface area (Å²) in [5.41, 5.74) is -0.194. The number of nitrogens with one attached hydrogen (secondary N) is 1. The van der Waals surface area contributed by atoms with Gasteiger partial charge in [-0.1, -0.05) is 6.08 Å². The summed E-state index contributed by atoms with van der Waals surface area (Å²) in [7, 11) is 0. The van der Waals surface area contributed by atoms with Gasteiger partial charge in [0.15, 0.2) is 5.41 Å². The minimum atomic E-state index is -1.66. The van der Waals surface area contributed by atoms with Gasteiger partial charge < -0.3 is 9.83 Å². The Kier molecular flexibility index (Phi) is 4.21. The van der Waals surface area contributed by atoms with Gasteiger partial charge in [0.2, 0.25) is 0 Å². The van der Waals surface area contributed by atoms with E-state index >= 15 is 0 Å². The first kappa shape index (κ1) is 17.0. The summed E-state index contributed by atoms with van der Waals surface area (Å²) in [5, 5.41) is 37.9. The van der Waals surface area contributed by atoms with Gasteiger partial charge in [0.25, 0.3) is 0 Å². The summed E-state index contributed by atoms with van der Waals surface area (Å²) in [4.78, 5) is 2.25. The predicted molar refractivity (Wildman–Crippen MR) is 90.2 cm³/mol. The van der Waals surface area contributed by atoms with Crippen LogP contribution in [0.1, 0.15) is 25.3 Å². The summed E-state index contributed by atoms with van der Waals surface area (Å²) in [5.74, 6) is -1.51. The Labute approximate surface area is 147 Å². The molecule has 6 nitrogen and oxygen atoms in total. The van der Waals surface area contributed by atoms with Crippen LogP contribution in [0.25, 0.3) is 0 Å². The second-order valence-corrected chi connectivity index (χ2v) is 6.90. The first-order valence-electron chi connectivity index (χ1n) is 8.27. The van der Waals surface area contributed by atoms with E-state index in [0.717, 1.165) is 11.1 Å². The molecule has 0 bridgehead atoms. The van der Waals surface area contributed by atoms with Gasteiger partial charge in [-0.25, -0.2) is 0 Å². The third-order valence-electron chi connectivity index (χ3n) is 5.45. The van der Waals surface area contributed by atoms with Crippen molar-refractivity contribution in [3.8, 4) is 18.2 Å². The summed E-state index contributed by atoms with van der Waals surface area (Å²) < 4.78 is 5.21. The Morgan fingerprint density at radius 3 is 2.56 bits per heavy atom.